The van der Waals surface area contributed by atoms with Gasteiger partial charge in [-0.25, -0.2) is 13.2 Å². The van der Waals surface area contributed by atoms with E-state index in [0.717, 1.165) is 7.05 Å². The molecule has 3 nitrogen and oxygen atoms in total. The number of carboxylic acid groups (broad SMARTS) is 1. The molecule has 0 aromatic rings. The summed E-state index contributed by atoms with van der Waals surface area (Å²) in [6, 6.07) is -1.84. The van der Waals surface area contributed by atoms with Crippen molar-refractivity contribution in [3.63, 3.8) is 0 Å². The van der Waals surface area contributed by atoms with Crippen molar-refractivity contribution < 1.29 is 23.1 Å². The monoisotopic (exact) mass is 251 g/mol. The zero-order chi connectivity index (χ0) is 9.02. The maximum atomic E-state index is 12.2. The Morgan fingerprint density at radius 3 is 1.92 bits per heavy atom. The van der Waals surface area contributed by atoms with E-state index in [1.54, 1.807) is 0 Å². The number of carbonyl (C=O) groups is 1. The zero-order valence-electron chi connectivity index (χ0n) is 6.13. The Morgan fingerprint density at radius 2 is 1.83 bits per heavy atom. The lowest BCUT2D eigenvalue weighted by atomic mass is 10.2. The summed E-state index contributed by atoms with van der Waals surface area (Å²) in [5.74, 6) is -1.62. The van der Waals surface area contributed by atoms with Gasteiger partial charge in [0.1, 0.15) is 6.04 Å². The van der Waals surface area contributed by atoms with Gasteiger partial charge in [-0.2, -0.15) is 0 Å². The van der Waals surface area contributed by atoms with Crippen LogP contribution in [0.2, 0.25) is 0 Å². The van der Waals surface area contributed by atoms with Crippen molar-refractivity contribution in [1.29, 1.82) is 0 Å². The van der Waals surface area contributed by atoms with Crippen LogP contribution in [0.4, 0.5) is 13.2 Å². The summed E-state index contributed by atoms with van der Waals surface area (Å²) in [5.41, 5.74) is 0. The molecule has 2 unspecified atom stereocenters. The van der Waals surface area contributed by atoms with E-state index in [4.69, 9.17) is 5.11 Å². The van der Waals surface area contributed by atoms with Gasteiger partial charge in [-0.3, -0.25) is 4.79 Å². The third-order valence-corrected chi connectivity index (χ3v) is 1.14. The molecule has 0 spiro atoms. The molecule has 0 amide bonds. The molecule has 2 N–H and O–H groups in total. The Balaban J connectivity index is 0. The normalized spacial score (nSPS) is 15.1. The van der Waals surface area contributed by atoms with Gasteiger partial charge in [0.15, 0.2) is 6.17 Å². The minimum atomic E-state index is -3.27. The highest BCUT2D eigenvalue weighted by Crippen LogP contribution is 2.09. The van der Waals surface area contributed by atoms with E-state index in [1.165, 1.54) is 0 Å². The van der Waals surface area contributed by atoms with Crippen molar-refractivity contribution in [2.45, 2.75) is 18.6 Å². The molecule has 0 aliphatic carbocycles. The third-order valence-electron chi connectivity index (χ3n) is 1.14. The number of carboxylic acids is 1. The molecule has 0 radical (unpaired) electrons. The Hall–Kier alpha value is -0.300. The van der Waals surface area contributed by atoms with Crippen LogP contribution < -0.4 is 5.32 Å². The maximum Gasteiger partial charge on any atom is 0.323 e. The molecule has 12 heavy (non-hydrogen) atoms. The molecule has 74 valence electrons. The number of nitrogens with one attached hydrogen (secondary N) is 1. The first kappa shape index (κ1) is 14.2. The molecule has 0 aromatic carbocycles. The molecule has 0 aliphatic rings. The quantitative estimate of drug-likeness (QED) is 0.779. The van der Waals surface area contributed by atoms with Crippen LogP contribution in [0.5, 0.6) is 0 Å². The highest BCUT2D eigenvalue weighted by Gasteiger charge is 2.33. The number of aliphatic carboxylic acids is 1. The predicted octanol–water partition coefficient (Wildman–Crippen LogP) is 0.840. The molecule has 0 bridgehead atoms. The SMILES string of the molecule is Br.CNC(C(=O)O)C(F)C(F)F. The topological polar surface area (TPSA) is 49.3 Å². The van der Waals surface area contributed by atoms with Crippen LogP contribution >= 0.6 is 17.0 Å². The van der Waals surface area contributed by atoms with E-state index in [9.17, 15) is 18.0 Å². The van der Waals surface area contributed by atoms with Gasteiger partial charge < -0.3 is 10.4 Å². The summed E-state index contributed by atoms with van der Waals surface area (Å²) < 4.78 is 35.3. The van der Waals surface area contributed by atoms with E-state index < -0.39 is 24.6 Å². The molecular formula is C5H9BrF3NO2. The summed E-state index contributed by atoms with van der Waals surface area (Å²) in [6.45, 7) is 0. The molecule has 0 saturated heterocycles. The second kappa shape index (κ2) is 6.24. The van der Waals surface area contributed by atoms with Gasteiger partial charge in [0.2, 0.25) is 0 Å². The average molecular weight is 252 g/mol. The van der Waals surface area contributed by atoms with E-state index in [0.29, 0.717) is 0 Å². The second-order valence-electron chi connectivity index (χ2n) is 1.88. The molecule has 0 rings (SSSR count). The highest BCUT2D eigenvalue weighted by molar-refractivity contribution is 8.93. The molecule has 7 heteroatoms. The molecule has 2 atom stereocenters. The van der Waals surface area contributed by atoms with Crippen molar-refractivity contribution in [3.05, 3.63) is 0 Å². The summed E-state index contributed by atoms with van der Waals surface area (Å²) in [4.78, 5) is 10.0. The molecule has 0 heterocycles. The first-order valence-corrected chi connectivity index (χ1v) is 2.83. The largest absolute Gasteiger partial charge is 0.480 e. The number of halogens is 4. The molecular weight excluding hydrogens is 243 g/mol. The Bertz CT molecular complexity index is 147. The third kappa shape index (κ3) is 3.91. The maximum absolute atomic E-state index is 12.2. The molecule has 0 fully saturated rings. The van der Waals surface area contributed by atoms with Crippen LogP contribution in [0, 0.1) is 0 Å². The fraction of sp³-hybridized carbons (Fsp3) is 0.800. The summed E-state index contributed by atoms with van der Waals surface area (Å²) >= 11 is 0. The van der Waals surface area contributed by atoms with Gasteiger partial charge in [-0.1, -0.05) is 0 Å². The highest BCUT2D eigenvalue weighted by atomic mass is 79.9. The lowest BCUT2D eigenvalue weighted by Crippen LogP contribution is -2.45. The summed E-state index contributed by atoms with van der Waals surface area (Å²) in [5, 5.41) is 10.1. The Labute approximate surface area is 77.7 Å². The Kier molecular flexibility index (Phi) is 7.41. The summed E-state index contributed by atoms with van der Waals surface area (Å²) in [6.07, 6.45) is -5.94. The molecule has 0 aliphatic heterocycles. The predicted molar refractivity (Wildman–Crippen MR) is 41.7 cm³/mol. The first-order chi connectivity index (χ1) is 5.00. The van der Waals surface area contributed by atoms with E-state index in [-0.39, 0.29) is 17.0 Å². The van der Waals surface area contributed by atoms with E-state index in [2.05, 4.69) is 0 Å². The van der Waals surface area contributed by atoms with Crippen LogP contribution in [0.25, 0.3) is 0 Å². The fourth-order valence-corrected chi connectivity index (χ4v) is 0.564. The first-order valence-electron chi connectivity index (χ1n) is 2.83. The smallest absolute Gasteiger partial charge is 0.323 e. The Morgan fingerprint density at radius 1 is 1.42 bits per heavy atom. The number of alkyl halides is 3. The van der Waals surface area contributed by atoms with Crippen LogP contribution in [-0.2, 0) is 4.79 Å². The lowest BCUT2D eigenvalue weighted by molar-refractivity contribution is -0.143. The minimum Gasteiger partial charge on any atom is -0.480 e. The van der Waals surface area contributed by atoms with E-state index >= 15 is 0 Å². The van der Waals surface area contributed by atoms with Crippen molar-refractivity contribution >= 4 is 23.0 Å². The molecule has 0 aromatic heterocycles. The van der Waals surface area contributed by atoms with Crippen LogP contribution in [0.1, 0.15) is 0 Å². The average Bonchev–Trinajstić information content (AvgIpc) is 1.88. The second-order valence-corrected chi connectivity index (χ2v) is 1.88. The van der Waals surface area contributed by atoms with Gasteiger partial charge >= 0.3 is 5.97 Å². The number of rotatable bonds is 4. The number of hydrogen-bond acceptors (Lipinski definition) is 2. The summed E-state index contributed by atoms with van der Waals surface area (Å²) in [7, 11) is 1.10. The van der Waals surface area contributed by atoms with Crippen LogP contribution in [0.15, 0.2) is 0 Å². The van der Waals surface area contributed by atoms with Gasteiger partial charge in [0, 0.05) is 0 Å². The van der Waals surface area contributed by atoms with Gasteiger partial charge in [-0.15, -0.1) is 17.0 Å². The van der Waals surface area contributed by atoms with E-state index in [1.807, 2.05) is 5.32 Å². The minimum absolute atomic E-state index is 0. The molecule has 0 saturated carbocycles. The van der Waals surface area contributed by atoms with Gasteiger partial charge in [0.25, 0.3) is 6.43 Å². The zero-order valence-corrected chi connectivity index (χ0v) is 7.84. The number of likely N-dealkylation sites (N-methyl/N-ethyl adjacent to an activating group) is 1. The van der Waals surface area contributed by atoms with Crippen LogP contribution in [-0.4, -0.2) is 36.8 Å². The van der Waals surface area contributed by atoms with Crippen LogP contribution in [0.3, 0.4) is 0 Å². The fourth-order valence-electron chi connectivity index (χ4n) is 0.564. The van der Waals surface area contributed by atoms with Crippen molar-refractivity contribution in [2.75, 3.05) is 7.05 Å². The van der Waals surface area contributed by atoms with Crippen molar-refractivity contribution in [1.82, 2.24) is 5.32 Å². The van der Waals surface area contributed by atoms with Gasteiger partial charge in [-0.05, 0) is 7.05 Å². The standard InChI is InChI=1S/C5H8F3NO2.BrH/c1-9-3(5(10)11)2(6)4(7)8;/h2-4,9H,1H3,(H,10,11);1H. The van der Waals surface area contributed by atoms with Gasteiger partial charge in [0.05, 0.1) is 0 Å². The number of hydrogen-bond donors (Lipinski definition) is 2. The van der Waals surface area contributed by atoms with Crippen molar-refractivity contribution in [3.8, 4) is 0 Å². The lowest BCUT2D eigenvalue weighted by Gasteiger charge is -2.14. The van der Waals surface area contributed by atoms with Crippen molar-refractivity contribution in [2.24, 2.45) is 0 Å².